The van der Waals surface area contributed by atoms with Gasteiger partial charge in [0, 0.05) is 24.7 Å². The number of nitrogens with one attached hydrogen (secondary N) is 1. The molecule has 0 spiro atoms. The first-order chi connectivity index (χ1) is 9.65. The van der Waals surface area contributed by atoms with E-state index in [4.69, 9.17) is 10.5 Å². The molecule has 0 radical (unpaired) electrons. The van der Waals surface area contributed by atoms with E-state index in [1.807, 2.05) is 38.4 Å². The zero-order valence-electron chi connectivity index (χ0n) is 12.2. The molecule has 1 heterocycles. The first-order valence-electron chi connectivity index (χ1n) is 7.06. The fraction of sp³-hybridized carbons (Fsp3) is 0.533. The monoisotopic (exact) mass is 276 g/mol. The number of hydrogen-bond donors (Lipinski definition) is 2. The molecule has 0 bridgehead atoms. The Bertz CT molecular complexity index is 447. The zero-order valence-corrected chi connectivity index (χ0v) is 12.2. The predicted octanol–water partition coefficient (Wildman–Crippen LogP) is 0.767. The van der Waals surface area contributed by atoms with Crippen molar-refractivity contribution in [1.82, 2.24) is 15.2 Å². The van der Waals surface area contributed by atoms with E-state index in [9.17, 15) is 0 Å². The van der Waals surface area contributed by atoms with Crippen LogP contribution in [-0.2, 0) is 6.54 Å². The Labute approximate surface area is 120 Å². The maximum Gasteiger partial charge on any atom is 0.213 e. The van der Waals surface area contributed by atoms with E-state index in [0.717, 1.165) is 25.2 Å². The number of nitrogens with two attached hydrogens (primary N) is 1. The lowest BCUT2D eigenvalue weighted by atomic mass is 9.98. The van der Waals surface area contributed by atoms with Gasteiger partial charge in [-0.15, -0.1) is 0 Å². The van der Waals surface area contributed by atoms with E-state index in [2.05, 4.69) is 21.3 Å². The van der Waals surface area contributed by atoms with Crippen molar-refractivity contribution in [2.75, 3.05) is 27.2 Å². The Morgan fingerprint density at radius 1 is 1.35 bits per heavy atom. The third kappa shape index (κ3) is 4.59. The molecule has 0 aromatic carbocycles. The quantitative estimate of drug-likeness (QED) is 0.542. The molecule has 0 amide bonds. The summed E-state index contributed by atoms with van der Waals surface area (Å²) in [6, 6.07) is 6.39. The maximum atomic E-state index is 5.79. The molecule has 0 fully saturated rings. The molecule has 0 saturated carbocycles. The summed E-state index contributed by atoms with van der Waals surface area (Å²) in [6.07, 6.45) is 5.04. The summed E-state index contributed by atoms with van der Waals surface area (Å²) in [7, 11) is 4.06. The molecule has 5 heteroatoms. The molecule has 2 unspecified atom stereocenters. The number of ether oxygens (including phenoxy) is 1. The molecule has 1 aromatic heterocycles. The summed E-state index contributed by atoms with van der Waals surface area (Å²) in [4.78, 5) is 6.56. The van der Waals surface area contributed by atoms with Crippen LogP contribution in [0.1, 0.15) is 12.1 Å². The molecule has 2 rings (SSSR count). The van der Waals surface area contributed by atoms with Gasteiger partial charge in [0.2, 0.25) is 5.88 Å². The standard InChI is InChI=1S/C15H24N4O/c1-19(2)11-12-5-3-6-15(18-12)20-10-4-9-17-14-8-7-13(14)16/h3,5-8,13-14,17H,4,9-11,16H2,1-2H3. The molecule has 110 valence electrons. The van der Waals surface area contributed by atoms with Crippen LogP contribution >= 0.6 is 0 Å². The van der Waals surface area contributed by atoms with E-state index < -0.39 is 0 Å². The van der Waals surface area contributed by atoms with Crippen molar-refractivity contribution in [2.24, 2.45) is 5.73 Å². The maximum absolute atomic E-state index is 5.79. The molecule has 1 aromatic rings. The third-order valence-corrected chi connectivity index (χ3v) is 3.17. The highest BCUT2D eigenvalue weighted by Crippen LogP contribution is 2.09. The van der Waals surface area contributed by atoms with Crippen LogP contribution in [0.5, 0.6) is 5.88 Å². The van der Waals surface area contributed by atoms with Gasteiger partial charge in [0.1, 0.15) is 0 Å². The van der Waals surface area contributed by atoms with Gasteiger partial charge in [-0.1, -0.05) is 18.2 Å². The van der Waals surface area contributed by atoms with Crippen LogP contribution in [0.4, 0.5) is 0 Å². The molecule has 0 aliphatic heterocycles. The van der Waals surface area contributed by atoms with Crippen LogP contribution in [-0.4, -0.2) is 49.2 Å². The topological polar surface area (TPSA) is 63.4 Å². The fourth-order valence-electron chi connectivity index (χ4n) is 2.02. The van der Waals surface area contributed by atoms with Gasteiger partial charge in [0.15, 0.2) is 0 Å². The second kappa shape index (κ2) is 7.38. The molecular weight excluding hydrogens is 252 g/mol. The number of aromatic nitrogens is 1. The van der Waals surface area contributed by atoms with Crippen molar-refractivity contribution in [2.45, 2.75) is 25.0 Å². The first kappa shape index (κ1) is 15.0. The number of hydrogen-bond acceptors (Lipinski definition) is 5. The van der Waals surface area contributed by atoms with Gasteiger partial charge in [-0.3, -0.25) is 0 Å². The van der Waals surface area contributed by atoms with Gasteiger partial charge < -0.3 is 20.7 Å². The van der Waals surface area contributed by atoms with Crippen molar-refractivity contribution >= 4 is 0 Å². The smallest absolute Gasteiger partial charge is 0.213 e. The van der Waals surface area contributed by atoms with Crippen molar-refractivity contribution < 1.29 is 4.74 Å². The summed E-state index contributed by atoms with van der Waals surface area (Å²) in [5, 5.41) is 3.37. The van der Waals surface area contributed by atoms with Crippen LogP contribution in [0.25, 0.3) is 0 Å². The van der Waals surface area contributed by atoms with Crippen LogP contribution in [0.3, 0.4) is 0 Å². The lowest BCUT2D eigenvalue weighted by Gasteiger charge is -2.26. The van der Waals surface area contributed by atoms with Crippen molar-refractivity contribution in [3.63, 3.8) is 0 Å². The molecule has 3 N–H and O–H groups in total. The van der Waals surface area contributed by atoms with E-state index in [-0.39, 0.29) is 6.04 Å². The van der Waals surface area contributed by atoms with Crippen LogP contribution < -0.4 is 15.8 Å². The van der Waals surface area contributed by atoms with E-state index in [1.54, 1.807) is 0 Å². The minimum Gasteiger partial charge on any atom is -0.478 e. The Morgan fingerprint density at radius 2 is 2.20 bits per heavy atom. The second-order valence-corrected chi connectivity index (χ2v) is 5.35. The van der Waals surface area contributed by atoms with Crippen LogP contribution in [0, 0.1) is 0 Å². The third-order valence-electron chi connectivity index (χ3n) is 3.17. The highest BCUT2D eigenvalue weighted by molar-refractivity contribution is 5.17. The molecular formula is C15H24N4O. The lowest BCUT2D eigenvalue weighted by Crippen LogP contribution is -2.48. The minimum absolute atomic E-state index is 0.167. The molecule has 2 atom stereocenters. The average molecular weight is 276 g/mol. The van der Waals surface area contributed by atoms with Crippen LogP contribution in [0.15, 0.2) is 30.4 Å². The Morgan fingerprint density at radius 3 is 2.85 bits per heavy atom. The van der Waals surface area contributed by atoms with Crippen LogP contribution in [0.2, 0.25) is 0 Å². The summed E-state index contributed by atoms with van der Waals surface area (Å²) in [6.45, 7) is 2.39. The highest BCUT2D eigenvalue weighted by Gasteiger charge is 2.18. The highest BCUT2D eigenvalue weighted by atomic mass is 16.5. The van der Waals surface area contributed by atoms with Gasteiger partial charge in [-0.05, 0) is 33.1 Å². The van der Waals surface area contributed by atoms with Gasteiger partial charge in [-0.25, -0.2) is 4.98 Å². The molecule has 0 saturated heterocycles. The summed E-state index contributed by atoms with van der Waals surface area (Å²) < 4.78 is 5.67. The Hall–Kier alpha value is -1.43. The second-order valence-electron chi connectivity index (χ2n) is 5.35. The predicted molar refractivity (Wildman–Crippen MR) is 80.6 cm³/mol. The van der Waals surface area contributed by atoms with Gasteiger partial charge >= 0.3 is 0 Å². The average Bonchev–Trinajstić information content (AvgIpc) is 2.40. The molecule has 1 aliphatic carbocycles. The molecule has 20 heavy (non-hydrogen) atoms. The summed E-state index contributed by atoms with van der Waals surface area (Å²) in [5.74, 6) is 0.699. The Balaban J connectivity index is 1.64. The molecule has 5 nitrogen and oxygen atoms in total. The minimum atomic E-state index is 0.167. The van der Waals surface area contributed by atoms with Crippen molar-refractivity contribution in [3.05, 3.63) is 36.0 Å². The zero-order chi connectivity index (χ0) is 14.4. The Kier molecular flexibility index (Phi) is 5.52. The number of rotatable bonds is 8. The van der Waals surface area contributed by atoms with Gasteiger partial charge in [0.05, 0.1) is 12.3 Å². The largest absolute Gasteiger partial charge is 0.478 e. The first-order valence-corrected chi connectivity index (χ1v) is 7.06. The van der Waals surface area contributed by atoms with Crippen molar-refractivity contribution in [1.29, 1.82) is 0 Å². The summed E-state index contributed by atoms with van der Waals surface area (Å²) >= 11 is 0. The summed E-state index contributed by atoms with van der Waals surface area (Å²) in [5.41, 5.74) is 6.81. The van der Waals surface area contributed by atoms with Gasteiger partial charge in [-0.2, -0.15) is 0 Å². The van der Waals surface area contributed by atoms with E-state index in [0.29, 0.717) is 18.5 Å². The lowest BCUT2D eigenvalue weighted by molar-refractivity contribution is 0.291. The van der Waals surface area contributed by atoms with Gasteiger partial charge in [0.25, 0.3) is 0 Å². The SMILES string of the molecule is CN(C)Cc1cccc(OCCCNC2C=CC2N)n1. The fourth-order valence-corrected chi connectivity index (χ4v) is 2.02. The molecule has 1 aliphatic rings. The van der Waals surface area contributed by atoms with E-state index in [1.165, 1.54) is 0 Å². The number of nitrogens with zero attached hydrogens (tertiary/aromatic N) is 2. The number of pyridine rings is 1. The van der Waals surface area contributed by atoms with Crippen molar-refractivity contribution in [3.8, 4) is 5.88 Å². The normalized spacial score (nSPS) is 21.0. The van der Waals surface area contributed by atoms with E-state index >= 15 is 0 Å².